The lowest BCUT2D eigenvalue weighted by Crippen LogP contribution is -2.54. The number of ether oxygens (including phenoxy) is 1. The van der Waals surface area contributed by atoms with Gasteiger partial charge in [-0.2, -0.15) is 0 Å². The van der Waals surface area contributed by atoms with E-state index in [4.69, 9.17) is 4.74 Å². The summed E-state index contributed by atoms with van der Waals surface area (Å²) in [5.74, 6) is -0.0809. The number of fused-ring (bicyclic) bond motifs is 1. The van der Waals surface area contributed by atoms with E-state index in [1.165, 1.54) is 4.90 Å². The molecule has 24 heavy (non-hydrogen) atoms. The standard InChI is InChI=1S/C17H19N3O4/c21-15-5-7-20(17(23)19-15)13-4-2-1-3-11(13)16(22)18-12-9-14-10(12)6-8-24-14/h1-4,10,12,14H,5-9H2,(H,18,22)(H,19,21,23)/t10-,12+,14+/m0/s1. The lowest BCUT2D eigenvalue weighted by molar-refractivity contribution is -0.120. The summed E-state index contributed by atoms with van der Waals surface area (Å²) in [6.07, 6.45) is 2.33. The van der Waals surface area contributed by atoms with Gasteiger partial charge in [-0.3, -0.25) is 19.8 Å². The number of para-hydroxylation sites is 1. The number of carbonyl (C=O) groups excluding carboxylic acids is 3. The molecule has 0 radical (unpaired) electrons. The van der Waals surface area contributed by atoms with Crippen LogP contribution in [-0.4, -0.2) is 43.1 Å². The quantitative estimate of drug-likeness (QED) is 0.867. The second kappa shape index (κ2) is 5.90. The number of anilines is 1. The Morgan fingerprint density at radius 3 is 2.92 bits per heavy atom. The van der Waals surface area contributed by atoms with E-state index < -0.39 is 6.03 Å². The van der Waals surface area contributed by atoms with Gasteiger partial charge in [-0.15, -0.1) is 0 Å². The van der Waals surface area contributed by atoms with E-state index in [-0.39, 0.29) is 36.9 Å². The van der Waals surface area contributed by atoms with Crippen LogP contribution in [0.2, 0.25) is 0 Å². The maximum atomic E-state index is 12.7. The third-order valence-electron chi connectivity index (χ3n) is 5.07. The fraction of sp³-hybridized carbons (Fsp3) is 0.471. The smallest absolute Gasteiger partial charge is 0.328 e. The van der Waals surface area contributed by atoms with Crippen LogP contribution in [0.4, 0.5) is 10.5 Å². The van der Waals surface area contributed by atoms with Crippen LogP contribution in [0.15, 0.2) is 24.3 Å². The van der Waals surface area contributed by atoms with Crippen molar-refractivity contribution in [2.45, 2.75) is 31.4 Å². The number of nitrogens with zero attached hydrogens (tertiary/aromatic N) is 1. The van der Waals surface area contributed by atoms with Crippen molar-refractivity contribution < 1.29 is 19.1 Å². The van der Waals surface area contributed by atoms with Crippen molar-refractivity contribution in [1.82, 2.24) is 10.6 Å². The van der Waals surface area contributed by atoms with Crippen molar-refractivity contribution in [2.75, 3.05) is 18.1 Å². The van der Waals surface area contributed by atoms with E-state index in [0.717, 1.165) is 19.4 Å². The molecule has 1 saturated carbocycles. The molecule has 1 aromatic carbocycles. The molecule has 4 rings (SSSR count). The first-order valence-corrected chi connectivity index (χ1v) is 8.26. The van der Waals surface area contributed by atoms with E-state index in [1.54, 1.807) is 24.3 Å². The highest BCUT2D eigenvalue weighted by Gasteiger charge is 2.46. The van der Waals surface area contributed by atoms with Crippen molar-refractivity contribution in [3.05, 3.63) is 29.8 Å². The SMILES string of the molecule is O=C1CCN(c2ccccc2C(=O)N[C@@H]2C[C@H]3OCC[C@@H]23)C(=O)N1. The van der Waals surface area contributed by atoms with E-state index in [2.05, 4.69) is 10.6 Å². The van der Waals surface area contributed by atoms with Crippen LogP contribution in [-0.2, 0) is 9.53 Å². The summed E-state index contributed by atoms with van der Waals surface area (Å²) >= 11 is 0. The van der Waals surface area contributed by atoms with Crippen molar-refractivity contribution in [1.29, 1.82) is 0 Å². The Morgan fingerprint density at radius 1 is 1.29 bits per heavy atom. The molecule has 0 aromatic heterocycles. The van der Waals surface area contributed by atoms with E-state index in [0.29, 0.717) is 17.2 Å². The van der Waals surface area contributed by atoms with Gasteiger partial charge in [-0.1, -0.05) is 12.1 Å². The summed E-state index contributed by atoms with van der Waals surface area (Å²) in [6, 6.07) is 6.63. The first-order chi connectivity index (χ1) is 11.6. The fourth-order valence-corrected chi connectivity index (χ4v) is 3.70. The van der Waals surface area contributed by atoms with Crippen molar-refractivity contribution >= 4 is 23.5 Å². The highest BCUT2D eigenvalue weighted by molar-refractivity contribution is 6.09. The van der Waals surface area contributed by atoms with Gasteiger partial charge in [0.2, 0.25) is 5.91 Å². The Morgan fingerprint density at radius 2 is 2.12 bits per heavy atom. The molecule has 7 nitrogen and oxygen atoms in total. The maximum Gasteiger partial charge on any atom is 0.328 e. The molecule has 1 aliphatic carbocycles. The number of nitrogens with one attached hydrogen (secondary N) is 2. The van der Waals surface area contributed by atoms with Crippen LogP contribution < -0.4 is 15.5 Å². The summed E-state index contributed by atoms with van der Waals surface area (Å²) in [5.41, 5.74) is 0.975. The number of carbonyl (C=O) groups is 3. The van der Waals surface area contributed by atoms with Gasteiger partial charge in [0.25, 0.3) is 5.91 Å². The molecule has 3 aliphatic rings. The second-order valence-corrected chi connectivity index (χ2v) is 6.45. The van der Waals surface area contributed by atoms with Crippen LogP contribution in [0.3, 0.4) is 0 Å². The molecule has 3 fully saturated rings. The number of amides is 4. The van der Waals surface area contributed by atoms with Gasteiger partial charge in [-0.25, -0.2) is 4.79 Å². The highest BCUT2D eigenvalue weighted by Crippen LogP contribution is 2.38. The van der Waals surface area contributed by atoms with Gasteiger partial charge in [0.15, 0.2) is 0 Å². The van der Waals surface area contributed by atoms with Crippen LogP contribution in [0, 0.1) is 5.92 Å². The Balaban J connectivity index is 1.52. The van der Waals surface area contributed by atoms with E-state index >= 15 is 0 Å². The molecule has 0 unspecified atom stereocenters. The summed E-state index contributed by atoms with van der Waals surface area (Å²) in [6.45, 7) is 1.04. The molecule has 2 N–H and O–H groups in total. The first kappa shape index (κ1) is 15.1. The van der Waals surface area contributed by atoms with Gasteiger partial charge < -0.3 is 10.1 Å². The maximum absolute atomic E-state index is 12.7. The average Bonchev–Trinajstić information content (AvgIpc) is 2.93. The number of rotatable bonds is 3. The zero-order valence-electron chi connectivity index (χ0n) is 13.2. The zero-order valence-corrected chi connectivity index (χ0v) is 13.2. The van der Waals surface area contributed by atoms with E-state index in [1.807, 2.05) is 0 Å². The molecule has 4 amide bonds. The minimum atomic E-state index is -0.487. The molecule has 0 bridgehead atoms. The topological polar surface area (TPSA) is 87.7 Å². The predicted octanol–water partition coefficient (Wildman–Crippen LogP) is 1.04. The molecule has 126 valence electrons. The Labute approximate surface area is 139 Å². The molecule has 0 spiro atoms. The summed E-state index contributed by atoms with van der Waals surface area (Å²) < 4.78 is 5.57. The van der Waals surface area contributed by atoms with Gasteiger partial charge in [-0.05, 0) is 25.0 Å². The Hall–Kier alpha value is -2.41. The number of imide groups is 1. The van der Waals surface area contributed by atoms with Gasteiger partial charge in [0, 0.05) is 31.5 Å². The lowest BCUT2D eigenvalue weighted by Gasteiger charge is -2.39. The largest absolute Gasteiger partial charge is 0.378 e. The number of hydrogen-bond donors (Lipinski definition) is 2. The summed E-state index contributed by atoms with van der Waals surface area (Å²) in [7, 11) is 0. The first-order valence-electron chi connectivity index (χ1n) is 8.26. The predicted molar refractivity (Wildman–Crippen MR) is 85.7 cm³/mol. The third kappa shape index (κ3) is 2.54. The number of hydrogen-bond acceptors (Lipinski definition) is 4. The van der Waals surface area contributed by atoms with Gasteiger partial charge >= 0.3 is 6.03 Å². The molecule has 2 saturated heterocycles. The summed E-state index contributed by atoms with van der Waals surface area (Å²) in [5, 5.41) is 5.35. The molecule has 3 atom stereocenters. The van der Waals surface area contributed by atoms with Gasteiger partial charge in [0.05, 0.1) is 17.4 Å². The minimum absolute atomic E-state index is 0.134. The number of urea groups is 1. The molecule has 2 aliphatic heterocycles. The Bertz CT molecular complexity index is 705. The average molecular weight is 329 g/mol. The monoisotopic (exact) mass is 329 g/mol. The second-order valence-electron chi connectivity index (χ2n) is 6.45. The minimum Gasteiger partial charge on any atom is -0.378 e. The van der Waals surface area contributed by atoms with Crippen LogP contribution in [0.25, 0.3) is 0 Å². The van der Waals surface area contributed by atoms with Crippen LogP contribution >= 0.6 is 0 Å². The molecular formula is C17H19N3O4. The Kier molecular flexibility index (Phi) is 3.72. The lowest BCUT2D eigenvalue weighted by atomic mass is 9.76. The molecule has 1 aromatic rings. The molecule has 7 heteroatoms. The highest BCUT2D eigenvalue weighted by atomic mass is 16.5. The van der Waals surface area contributed by atoms with Crippen LogP contribution in [0.1, 0.15) is 29.6 Å². The van der Waals surface area contributed by atoms with Gasteiger partial charge in [0.1, 0.15) is 0 Å². The van der Waals surface area contributed by atoms with Crippen molar-refractivity contribution in [3.63, 3.8) is 0 Å². The number of benzene rings is 1. The molecular weight excluding hydrogens is 310 g/mol. The fourth-order valence-electron chi connectivity index (χ4n) is 3.70. The van der Waals surface area contributed by atoms with Crippen molar-refractivity contribution in [3.8, 4) is 0 Å². The zero-order chi connectivity index (χ0) is 16.7. The normalized spacial score (nSPS) is 28.8. The summed E-state index contributed by atoms with van der Waals surface area (Å²) in [4.78, 5) is 37.5. The van der Waals surface area contributed by atoms with Crippen molar-refractivity contribution in [2.24, 2.45) is 5.92 Å². The third-order valence-corrected chi connectivity index (χ3v) is 5.07. The van der Waals surface area contributed by atoms with E-state index in [9.17, 15) is 14.4 Å². The van der Waals surface area contributed by atoms with Crippen LogP contribution in [0.5, 0.6) is 0 Å². The molecule has 2 heterocycles.